The van der Waals surface area contributed by atoms with Crippen molar-refractivity contribution in [3.05, 3.63) is 71.7 Å². The Kier molecular flexibility index (Phi) is 5.20. The molecule has 126 valence electrons. The lowest BCUT2D eigenvalue weighted by Crippen LogP contribution is -2.19. The number of hydrogen-bond donors (Lipinski definition) is 2. The highest BCUT2D eigenvalue weighted by Crippen LogP contribution is 2.28. The van der Waals surface area contributed by atoms with Crippen LogP contribution in [0.25, 0.3) is 6.08 Å². The van der Waals surface area contributed by atoms with Gasteiger partial charge >= 0.3 is 0 Å². The fraction of sp³-hybridized carbons (Fsp3) is 0.0526. The number of carbonyl (C=O) groups excluding carboxylic acids is 1. The van der Waals surface area contributed by atoms with Gasteiger partial charge < -0.3 is 15.2 Å². The van der Waals surface area contributed by atoms with Crippen LogP contribution >= 0.6 is 11.8 Å². The first-order chi connectivity index (χ1) is 12.1. The maximum atomic E-state index is 12.1. The van der Waals surface area contributed by atoms with E-state index in [0.717, 1.165) is 11.3 Å². The summed E-state index contributed by atoms with van der Waals surface area (Å²) in [5.74, 6) is 0.739. The van der Waals surface area contributed by atoms with Gasteiger partial charge in [0.1, 0.15) is 18.1 Å². The van der Waals surface area contributed by atoms with Crippen molar-refractivity contribution >= 4 is 34.6 Å². The molecule has 1 aliphatic heterocycles. The number of hydrogen-bond acceptors (Lipinski definition) is 5. The zero-order chi connectivity index (χ0) is 17.6. The number of carbonyl (C=O) groups is 1. The highest BCUT2D eigenvalue weighted by atomic mass is 32.2. The van der Waals surface area contributed by atoms with Crippen LogP contribution in [0.4, 0.5) is 5.69 Å². The number of nitrogens with zero attached hydrogens (tertiary/aromatic N) is 1. The highest BCUT2D eigenvalue weighted by molar-refractivity contribution is 8.18. The molecule has 0 atom stereocenters. The van der Waals surface area contributed by atoms with Crippen LogP contribution in [0, 0.1) is 0 Å². The fourth-order valence-electron chi connectivity index (χ4n) is 2.09. The molecule has 3 rings (SSSR count). The lowest BCUT2D eigenvalue weighted by molar-refractivity contribution is -0.115. The maximum absolute atomic E-state index is 12.1. The number of phenolic OH excluding ortho intramolecular Hbond substituents is 1. The Labute approximate surface area is 149 Å². The zero-order valence-electron chi connectivity index (χ0n) is 13.3. The molecule has 1 amide bonds. The van der Waals surface area contributed by atoms with Crippen molar-refractivity contribution in [2.24, 2.45) is 4.99 Å². The molecule has 0 bridgehead atoms. The number of aliphatic imine (C=N–C) groups is 1. The van der Waals surface area contributed by atoms with Gasteiger partial charge in [0.15, 0.2) is 5.17 Å². The third kappa shape index (κ3) is 4.51. The predicted molar refractivity (Wildman–Crippen MR) is 101 cm³/mol. The molecule has 5 nitrogen and oxygen atoms in total. The average Bonchev–Trinajstić information content (AvgIpc) is 2.95. The third-order valence-corrected chi connectivity index (χ3v) is 4.19. The Morgan fingerprint density at radius 3 is 2.56 bits per heavy atom. The summed E-state index contributed by atoms with van der Waals surface area (Å²) in [4.78, 5) is 17.0. The van der Waals surface area contributed by atoms with E-state index in [1.807, 2.05) is 24.3 Å². The maximum Gasteiger partial charge on any atom is 0.264 e. The van der Waals surface area contributed by atoms with Gasteiger partial charge in [0.2, 0.25) is 0 Å². The topological polar surface area (TPSA) is 70.9 Å². The number of rotatable bonds is 5. The monoisotopic (exact) mass is 352 g/mol. The van der Waals surface area contributed by atoms with Crippen LogP contribution in [-0.4, -0.2) is 22.8 Å². The minimum atomic E-state index is -0.186. The van der Waals surface area contributed by atoms with Crippen molar-refractivity contribution in [3.8, 4) is 11.5 Å². The van der Waals surface area contributed by atoms with Crippen LogP contribution in [-0.2, 0) is 4.79 Å². The van der Waals surface area contributed by atoms with Crippen molar-refractivity contribution in [2.45, 2.75) is 0 Å². The molecule has 1 saturated heterocycles. The molecule has 0 aliphatic carbocycles. The van der Waals surface area contributed by atoms with Gasteiger partial charge in [-0.3, -0.25) is 4.79 Å². The second kappa shape index (κ2) is 7.72. The van der Waals surface area contributed by atoms with Gasteiger partial charge in [0.25, 0.3) is 5.91 Å². The quantitative estimate of drug-likeness (QED) is 0.633. The summed E-state index contributed by atoms with van der Waals surface area (Å²) in [6.07, 6.45) is 3.49. The number of benzene rings is 2. The molecule has 0 radical (unpaired) electrons. The van der Waals surface area contributed by atoms with Crippen LogP contribution in [0.15, 0.2) is 71.1 Å². The number of amides is 1. The Bertz CT molecular complexity index is 840. The molecule has 1 fully saturated rings. The molecule has 0 unspecified atom stereocenters. The van der Waals surface area contributed by atoms with Crippen LogP contribution in [0.5, 0.6) is 11.5 Å². The fourth-order valence-corrected chi connectivity index (χ4v) is 2.93. The number of thioether (sulfide) groups is 1. The van der Waals surface area contributed by atoms with Crippen LogP contribution in [0.3, 0.4) is 0 Å². The molecule has 2 aromatic rings. The molecular weight excluding hydrogens is 336 g/mol. The average molecular weight is 352 g/mol. The van der Waals surface area contributed by atoms with Crippen molar-refractivity contribution in [1.29, 1.82) is 0 Å². The summed E-state index contributed by atoms with van der Waals surface area (Å²) in [6, 6.07) is 13.9. The van der Waals surface area contributed by atoms with Crippen LogP contribution in [0.1, 0.15) is 5.56 Å². The lowest BCUT2D eigenvalue weighted by Gasteiger charge is -2.03. The van der Waals surface area contributed by atoms with Gasteiger partial charge in [-0.15, -0.1) is 0 Å². The first kappa shape index (κ1) is 16.9. The van der Waals surface area contributed by atoms with Crippen LogP contribution in [0.2, 0.25) is 0 Å². The van der Waals surface area contributed by atoms with Crippen LogP contribution < -0.4 is 10.1 Å². The number of ether oxygens (including phenoxy) is 1. The molecule has 2 aromatic carbocycles. The van der Waals surface area contributed by atoms with Gasteiger partial charge in [-0.1, -0.05) is 24.8 Å². The van der Waals surface area contributed by atoms with Gasteiger partial charge in [0, 0.05) is 0 Å². The summed E-state index contributed by atoms with van der Waals surface area (Å²) in [5.41, 5.74) is 1.56. The number of phenols is 1. The van der Waals surface area contributed by atoms with E-state index in [2.05, 4.69) is 16.9 Å². The van der Waals surface area contributed by atoms with Crippen molar-refractivity contribution < 1.29 is 14.6 Å². The number of amidine groups is 1. The standard InChI is InChI=1S/C19H16N2O3S/c1-2-11-24-16-9-3-13(4-10-16)12-17-18(23)21-19(25-17)20-14-5-7-15(22)8-6-14/h2-10,12,22H,1,11H2,(H,20,21,23). The van der Waals surface area contributed by atoms with Gasteiger partial charge in [0.05, 0.1) is 10.6 Å². The zero-order valence-corrected chi connectivity index (χ0v) is 14.1. The minimum Gasteiger partial charge on any atom is -0.508 e. The van der Waals surface area contributed by atoms with Gasteiger partial charge in [-0.2, -0.15) is 0 Å². The molecule has 0 spiro atoms. The molecule has 6 heteroatoms. The van der Waals surface area contributed by atoms with E-state index in [9.17, 15) is 9.90 Å². The molecule has 0 saturated carbocycles. The second-order valence-corrected chi connectivity index (χ2v) is 6.20. The summed E-state index contributed by atoms with van der Waals surface area (Å²) < 4.78 is 5.43. The first-order valence-electron chi connectivity index (χ1n) is 7.56. The Balaban J connectivity index is 1.72. The van der Waals surface area contributed by atoms with E-state index in [4.69, 9.17) is 4.74 Å². The highest BCUT2D eigenvalue weighted by Gasteiger charge is 2.23. The SMILES string of the molecule is C=CCOc1ccc(C=C2SC(=Nc3ccc(O)cc3)NC2=O)cc1. The van der Waals surface area contributed by atoms with E-state index < -0.39 is 0 Å². The largest absolute Gasteiger partial charge is 0.508 e. The Morgan fingerprint density at radius 2 is 1.88 bits per heavy atom. The smallest absolute Gasteiger partial charge is 0.264 e. The lowest BCUT2D eigenvalue weighted by atomic mass is 10.2. The van der Waals surface area contributed by atoms with E-state index in [1.54, 1.807) is 36.4 Å². The summed E-state index contributed by atoms with van der Waals surface area (Å²) in [6.45, 7) is 4.06. The molecule has 25 heavy (non-hydrogen) atoms. The summed E-state index contributed by atoms with van der Waals surface area (Å²) in [7, 11) is 0. The predicted octanol–water partition coefficient (Wildman–Crippen LogP) is 3.85. The normalized spacial score (nSPS) is 16.9. The minimum absolute atomic E-state index is 0.174. The number of aromatic hydroxyl groups is 1. The van der Waals surface area contributed by atoms with E-state index in [1.165, 1.54) is 11.8 Å². The van der Waals surface area contributed by atoms with Gasteiger partial charge in [-0.05, 0) is 59.8 Å². The molecule has 0 aromatic heterocycles. The van der Waals surface area contributed by atoms with E-state index in [0.29, 0.717) is 22.4 Å². The molecular formula is C19H16N2O3S. The summed E-state index contributed by atoms with van der Waals surface area (Å²) in [5, 5.41) is 12.5. The van der Waals surface area contributed by atoms with E-state index >= 15 is 0 Å². The summed E-state index contributed by atoms with van der Waals surface area (Å²) >= 11 is 1.27. The second-order valence-electron chi connectivity index (χ2n) is 5.17. The van der Waals surface area contributed by atoms with Crippen molar-refractivity contribution in [1.82, 2.24) is 5.32 Å². The molecule has 1 heterocycles. The van der Waals surface area contributed by atoms with Gasteiger partial charge in [-0.25, -0.2) is 4.99 Å². The molecule has 2 N–H and O–H groups in total. The number of nitrogens with one attached hydrogen (secondary N) is 1. The van der Waals surface area contributed by atoms with Crippen molar-refractivity contribution in [3.63, 3.8) is 0 Å². The Hall–Kier alpha value is -2.99. The molecule has 1 aliphatic rings. The van der Waals surface area contributed by atoms with E-state index in [-0.39, 0.29) is 11.7 Å². The first-order valence-corrected chi connectivity index (χ1v) is 8.38. The third-order valence-electron chi connectivity index (χ3n) is 3.28. The Morgan fingerprint density at radius 1 is 1.16 bits per heavy atom. The van der Waals surface area contributed by atoms with Crippen molar-refractivity contribution in [2.75, 3.05) is 6.61 Å².